The zero-order chi connectivity index (χ0) is 13.2. The maximum Gasteiger partial charge on any atom is 0.123 e. The molecule has 2 aromatic rings. The van der Waals surface area contributed by atoms with Crippen LogP contribution in [-0.2, 0) is 13.6 Å². The van der Waals surface area contributed by atoms with Crippen LogP contribution in [0.1, 0.15) is 23.7 Å². The molecule has 1 aliphatic rings. The Kier molecular flexibility index (Phi) is 3.57. The fourth-order valence-corrected chi connectivity index (χ4v) is 3.49. The van der Waals surface area contributed by atoms with E-state index >= 15 is 0 Å². The first-order chi connectivity index (χ1) is 9.24. The lowest BCUT2D eigenvalue weighted by molar-refractivity contribution is 0.491. The first kappa shape index (κ1) is 12.7. The summed E-state index contributed by atoms with van der Waals surface area (Å²) in [5, 5.41) is 7.66. The topological polar surface area (TPSA) is 29.9 Å². The summed E-state index contributed by atoms with van der Waals surface area (Å²) >= 11 is 1.80. The number of aryl methyl sites for hydroxylation is 1. The number of rotatable bonds is 3. The monoisotopic (exact) mass is 277 g/mol. The quantitative estimate of drug-likeness (QED) is 0.935. The van der Waals surface area contributed by atoms with Crippen molar-refractivity contribution < 1.29 is 4.39 Å². The van der Waals surface area contributed by atoms with Crippen LogP contribution in [0.3, 0.4) is 0 Å². The Balaban J connectivity index is 1.76. The Bertz CT molecular complexity index is 582. The normalized spacial score (nSPS) is 18.3. The van der Waals surface area contributed by atoms with Gasteiger partial charge in [0.25, 0.3) is 0 Å². The van der Waals surface area contributed by atoms with E-state index in [1.807, 2.05) is 23.9 Å². The zero-order valence-electron chi connectivity index (χ0n) is 10.8. The first-order valence-electron chi connectivity index (χ1n) is 6.36. The molecule has 0 fully saturated rings. The van der Waals surface area contributed by atoms with Gasteiger partial charge in [0, 0.05) is 30.7 Å². The number of thioether (sulfide) groups is 1. The third-order valence-corrected chi connectivity index (χ3v) is 4.59. The van der Waals surface area contributed by atoms with Gasteiger partial charge < -0.3 is 5.32 Å². The van der Waals surface area contributed by atoms with E-state index in [1.54, 1.807) is 24.0 Å². The van der Waals surface area contributed by atoms with E-state index in [9.17, 15) is 4.39 Å². The Hall–Kier alpha value is -1.33. The van der Waals surface area contributed by atoms with Crippen molar-refractivity contribution in [2.45, 2.75) is 23.9 Å². The minimum Gasteiger partial charge on any atom is -0.304 e. The molecule has 0 amide bonds. The average Bonchev–Trinajstić information content (AvgIpc) is 2.82. The van der Waals surface area contributed by atoms with Crippen molar-refractivity contribution in [3.05, 3.63) is 47.5 Å². The van der Waals surface area contributed by atoms with Crippen molar-refractivity contribution >= 4 is 11.8 Å². The van der Waals surface area contributed by atoms with E-state index in [1.165, 1.54) is 11.0 Å². The minimum absolute atomic E-state index is 0.159. The molecule has 0 aliphatic carbocycles. The van der Waals surface area contributed by atoms with E-state index in [2.05, 4.69) is 10.4 Å². The summed E-state index contributed by atoms with van der Waals surface area (Å²) < 4.78 is 15.3. The molecular formula is C14H16FN3S. The molecule has 3 nitrogen and oxygen atoms in total. The summed E-state index contributed by atoms with van der Waals surface area (Å²) in [5.41, 5.74) is 2.22. The Labute approximate surface area is 116 Å². The van der Waals surface area contributed by atoms with Crippen LogP contribution < -0.4 is 5.32 Å². The van der Waals surface area contributed by atoms with Crippen molar-refractivity contribution in [2.75, 3.05) is 5.75 Å². The lowest BCUT2D eigenvalue weighted by atomic mass is 10.0. The molecule has 0 saturated heterocycles. The number of hydrogen-bond donors (Lipinski definition) is 1. The van der Waals surface area contributed by atoms with Crippen molar-refractivity contribution in [3.8, 4) is 0 Å². The highest BCUT2D eigenvalue weighted by Gasteiger charge is 2.21. The van der Waals surface area contributed by atoms with Crippen molar-refractivity contribution in [2.24, 2.45) is 7.05 Å². The Morgan fingerprint density at radius 3 is 3.16 bits per heavy atom. The molecule has 0 radical (unpaired) electrons. The summed E-state index contributed by atoms with van der Waals surface area (Å²) in [6.45, 7) is 0.752. The van der Waals surface area contributed by atoms with Crippen LogP contribution in [0.25, 0.3) is 0 Å². The van der Waals surface area contributed by atoms with E-state index in [0.29, 0.717) is 0 Å². The second-order valence-electron chi connectivity index (χ2n) is 4.70. The lowest BCUT2D eigenvalue weighted by Gasteiger charge is -2.26. The predicted molar refractivity (Wildman–Crippen MR) is 74.5 cm³/mol. The molecule has 1 N–H and O–H groups in total. The maximum absolute atomic E-state index is 13.4. The third kappa shape index (κ3) is 2.67. The minimum atomic E-state index is -0.159. The second-order valence-corrected chi connectivity index (χ2v) is 5.84. The number of nitrogens with one attached hydrogen (secondary N) is 1. The van der Waals surface area contributed by atoms with Gasteiger partial charge in [0.1, 0.15) is 5.82 Å². The van der Waals surface area contributed by atoms with Crippen LogP contribution >= 0.6 is 11.8 Å². The zero-order valence-corrected chi connectivity index (χ0v) is 11.6. The fourth-order valence-electron chi connectivity index (χ4n) is 2.38. The molecule has 100 valence electrons. The van der Waals surface area contributed by atoms with Gasteiger partial charge in [-0.15, -0.1) is 11.8 Å². The van der Waals surface area contributed by atoms with Crippen LogP contribution in [0.5, 0.6) is 0 Å². The number of halogens is 1. The van der Waals surface area contributed by atoms with Gasteiger partial charge >= 0.3 is 0 Å². The number of hydrogen-bond acceptors (Lipinski definition) is 3. The van der Waals surface area contributed by atoms with Gasteiger partial charge in [-0.1, -0.05) is 0 Å². The van der Waals surface area contributed by atoms with Gasteiger partial charge in [-0.05, 0) is 42.0 Å². The molecule has 0 saturated carbocycles. The highest BCUT2D eigenvalue weighted by atomic mass is 32.2. The van der Waals surface area contributed by atoms with Crippen molar-refractivity contribution in [3.63, 3.8) is 0 Å². The largest absolute Gasteiger partial charge is 0.304 e. The van der Waals surface area contributed by atoms with Gasteiger partial charge in [0.05, 0.1) is 5.69 Å². The predicted octanol–water partition coefficient (Wildman–Crippen LogP) is 2.89. The summed E-state index contributed by atoms with van der Waals surface area (Å²) in [7, 11) is 1.93. The molecule has 0 bridgehead atoms. The van der Waals surface area contributed by atoms with Gasteiger partial charge in [-0.2, -0.15) is 5.10 Å². The molecule has 0 spiro atoms. The molecule has 2 heterocycles. The SMILES string of the molecule is Cn1nccc1CN[C@H]1CCSc2ccc(F)cc21. The molecule has 1 aromatic carbocycles. The smallest absolute Gasteiger partial charge is 0.123 e. The van der Waals surface area contributed by atoms with Crippen LogP contribution in [0, 0.1) is 5.82 Å². The van der Waals surface area contributed by atoms with Gasteiger partial charge in [-0.25, -0.2) is 4.39 Å². The van der Waals surface area contributed by atoms with Gasteiger partial charge in [-0.3, -0.25) is 4.68 Å². The molecule has 19 heavy (non-hydrogen) atoms. The number of fused-ring (bicyclic) bond motifs is 1. The first-order valence-corrected chi connectivity index (χ1v) is 7.35. The number of benzene rings is 1. The van der Waals surface area contributed by atoms with E-state index in [0.717, 1.165) is 30.0 Å². The highest BCUT2D eigenvalue weighted by molar-refractivity contribution is 7.99. The van der Waals surface area contributed by atoms with Crippen LogP contribution in [0.2, 0.25) is 0 Å². The molecule has 3 rings (SSSR count). The highest BCUT2D eigenvalue weighted by Crippen LogP contribution is 2.36. The Morgan fingerprint density at radius 2 is 2.37 bits per heavy atom. The summed E-state index contributed by atoms with van der Waals surface area (Å²) in [6.07, 6.45) is 2.82. The van der Waals surface area contributed by atoms with Crippen LogP contribution in [-0.4, -0.2) is 15.5 Å². The summed E-state index contributed by atoms with van der Waals surface area (Å²) in [4.78, 5) is 1.19. The van der Waals surface area contributed by atoms with Gasteiger partial charge in [0.15, 0.2) is 0 Å². The molecule has 1 atom stereocenters. The molecule has 1 aromatic heterocycles. The maximum atomic E-state index is 13.4. The standard InChI is InChI=1S/C14H16FN3S/c1-18-11(4-6-17-18)9-16-13-5-7-19-14-3-2-10(15)8-12(13)14/h2-4,6,8,13,16H,5,7,9H2,1H3/t13-/m0/s1. The van der Waals surface area contributed by atoms with Crippen LogP contribution in [0.15, 0.2) is 35.4 Å². The number of nitrogens with zero attached hydrogens (tertiary/aromatic N) is 2. The van der Waals surface area contributed by atoms with Gasteiger partial charge in [0.2, 0.25) is 0 Å². The lowest BCUT2D eigenvalue weighted by Crippen LogP contribution is -2.25. The summed E-state index contributed by atoms with van der Waals surface area (Å²) in [5.74, 6) is 0.912. The summed E-state index contributed by atoms with van der Waals surface area (Å²) in [6, 6.07) is 7.30. The molecule has 0 unspecified atom stereocenters. The molecule has 1 aliphatic heterocycles. The number of aromatic nitrogens is 2. The van der Waals surface area contributed by atoms with E-state index in [4.69, 9.17) is 0 Å². The molecular weight excluding hydrogens is 261 g/mol. The van der Waals surface area contributed by atoms with E-state index in [-0.39, 0.29) is 11.9 Å². The molecule has 5 heteroatoms. The fraction of sp³-hybridized carbons (Fsp3) is 0.357. The average molecular weight is 277 g/mol. The van der Waals surface area contributed by atoms with Crippen LogP contribution in [0.4, 0.5) is 4.39 Å². The van der Waals surface area contributed by atoms with Crippen molar-refractivity contribution in [1.29, 1.82) is 0 Å². The Morgan fingerprint density at radius 1 is 1.47 bits per heavy atom. The van der Waals surface area contributed by atoms with E-state index < -0.39 is 0 Å². The third-order valence-electron chi connectivity index (χ3n) is 3.46. The second kappa shape index (κ2) is 5.35. The van der Waals surface area contributed by atoms with Crippen molar-refractivity contribution in [1.82, 2.24) is 15.1 Å².